The molecule has 2 rings (SSSR count). The predicted octanol–water partition coefficient (Wildman–Crippen LogP) is 1.85. The van der Waals surface area contributed by atoms with E-state index in [4.69, 9.17) is 11.5 Å². The molecule has 1 aliphatic rings. The summed E-state index contributed by atoms with van der Waals surface area (Å²) >= 11 is 1.94. The molecular weight excluding hydrogens is 260 g/mol. The summed E-state index contributed by atoms with van der Waals surface area (Å²) in [5, 5.41) is 4.14. The predicted molar refractivity (Wildman–Crippen MR) is 80.3 cm³/mol. The van der Waals surface area contributed by atoms with Crippen molar-refractivity contribution in [1.82, 2.24) is 4.98 Å². The zero-order chi connectivity index (χ0) is 13.8. The lowest BCUT2D eigenvalue weighted by Crippen LogP contribution is -2.27. The number of primary amides is 1. The fourth-order valence-electron chi connectivity index (χ4n) is 2.41. The van der Waals surface area contributed by atoms with Crippen LogP contribution in [0.5, 0.6) is 0 Å². The van der Waals surface area contributed by atoms with Crippen LogP contribution >= 0.6 is 11.8 Å². The molecule has 0 spiro atoms. The molecule has 1 aromatic heterocycles. The minimum atomic E-state index is -0.519. The van der Waals surface area contributed by atoms with Gasteiger partial charge in [-0.3, -0.25) is 4.79 Å². The molecular formula is C13H20N4OS. The second-order valence-electron chi connectivity index (χ2n) is 4.87. The number of pyridine rings is 1. The van der Waals surface area contributed by atoms with Gasteiger partial charge in [-0.15, -0.1) is 0 Å². The van der Waals surface area contributed by atoms with Crippen LogP contribution in [0, 0.1) is 0 Å². The number of thioether (sulfide) groups is 1. The molecule has 0 atom stereocenters. The molecule has 1 heterocycles. The first-order valence-electron chi connectivity index (χ1n) is 6.44. The molecule has 0 saturated heterocycles. The lowest BCUT2D eigenvalue weighted by molar-refractivity contribution is 0.100. The van der Waals surface area contributed by atoms with Gasteiger partial charge in [-0.05, 0) is 38.0 Å². The number of hydrogen-bond donors (Lipinski definition) is 3. The molecule has 1 saturated carbocycles. The normalized spacial score (nSPS) is 23.0. The molecule has 5 nitrogen and oxygen atoms in total. The zero-order valence-electron chi connectivity index (χ0n) is 11.1. The molecule has 1 aromatic rings. The number of carbonyl (C=O) groups excluding carboxylic acids is 1. The van der Waals surface area contributed by atoms with Crippen LogP contribution in [0.25, 0.3) is 0 Å². The highest BCUT2D eigenvalue weighted by molar-refractivity contribution is 7.99. The second kappa shape index (κ2) is 6.14. The van der Waals surface area contributed by atoms with E-state index in [0.29, 0.717) is 23.1 Å². The summed E-state index contributed by atoms with van der Waals surface area (Å²) in [5.41, 5.74) is 11.6. The van der Waals surface area contributed by atoms with Crippen LogP contribution in [0.3, 0.4) is 0 Å². The number of carbonyl (C=O) groups is 1. The fourth-order valence-corrected chi connectivity index (χ4v) is 3.15. The van der Waals surface area contributed by atoms with Gasteiger partial charge in [-0.2, -0.15) is 11.8 Å². The molecule has 6 heteroatoms. The van der Waals surface area contributed by atoms with Crippen molar-refractivity contribution < 1.29 is 4.79 Å². The van der Waals surface area contributed by atoms with Gasteiger partial charge in [0, 0.05) is 11.3 Å². The Bertz CT molecular complexity index is 458. The van der Waals surface area contributed by atoms with Crippen molar-refractivity contribution >= 4 is 29.2 Å². The van der Waals surface area contributed by atoms with Crippen molar-refractivity contribution in [2.75, 3.05) is 17.3 Å². The summed E-state index contributed by atoms with van der Waals surface area (Å²) in [6.07, 6.45) is 8.34. The standard InChI is InChI=1S/C13H20N4OS/c1-19-9-4-2-8(3-5-9)17-12-6-10(13(15)18)11(14)7-16-12/h6-9H,2-5,14H2,1H3,(H2,15,18)(H,16,17). The molecule has 104 valence electrons. The Labute approximate surface area is 117 Å². The number of hydrogen-bond acceptors (Lipinski definition) is 5. The average molecular weight is 280 g/mol. The van der Waals surface area contributed by atoms with Crippen molar-refractivity contribution in [3.63, 3.8) is 0 Å². The van der Waals surface area contributed by atoms with E-state index in [-0.39, 0.29) is 0 Å². The van der Waals surface area contributed by atoms with Crippen LogP contribution in [0.1, 0.15) is 36.0 Å². The monoisotopic (exact) mass is 280 g/mol. The third kappa shape index (κ3) is 3.53. The average Bonchev–Trinajstić information content (AvgIpc) is 2.41. The van der Waals surface area contributed by atoms with Crippen LogP contribution in [-0.2, 0) is 0 Å². The van der Waals surface area contributed by atoms with E-state index in [1.54, 1.807) is 6.07 Å². The van der Waals surface area contributed by atoms with Crippen LogP contribution < -0.4 is 16.8 Å². The van der Waals surface area contributed by atoms with Crippen LogP contribution in [-0.4, -0.2) is 28.4 Å². The number of amides is 1. The van der Waals surface area contributed by atoms with Crippen LogP contribution in [0.4, 0.5) is 11.5 Å². The minimum Gasteiger partial charge on any atom is -0.397 e. The number of anilines is 2. The molecule has 0 unspecified atom stereocenters. The Morgan fingerprint density at radius 1 is 1.42 bits per heavy atom. The fraction of sp³-hybridized carbons (Fsp3) is 0.538. The Morgan fingerprint density at radius 3 is 2.68 bits per heavy atom. The van der Waals surface area contributed by atoms with Gasteiger partial charge in [-0.25, -0.2) is 4.98 Å². The summed E-state index contributed by atoms with van der Waals surface area (Å²) in [5.74, 6) is 0.157. The maximum absolute atomic E-state index is 11.2. The van der Waals surface area contributed by atoms with Gasteiger partial charge in [0.15, 0.2) is 0 Å². The molecule has 1 amide bonds. The van der Waals surface area contributed by atoms with Crippen molar-refractivity contribution in [3.8, 4) is 0 Å². The molecule has 1 fully saturated rings. The van der Waals surface area contributed by atoms with Gasteiger partial charge >= 0.3 is 0 Å². The van der Waals surface area contributed by atoms with Crippen molar-refractivity contribution in [2.24, 2.45) is 5.73 Å². The Balaban J connectivity index is 2.00. The number of nitrogens with two attached hydrogens (primary N) is 2. The summed E-state index contributed by atoms with van der Waals surface area (Å²) in [6, 6.07) is 2.05. The first-order valence-corrected chi connectivity index (χ1v) is 7.73. The topological polar surface area (TPSA) is 94.0 Å². The van der Waals surface area contributed by atoms with Crippen molar-refractivity contribution in [3.05, 3.63) is 17.8 Å². The largest absolute Gasteiger partial charge is 0.397 e. The van der Waals surface area contributed by atoms with Gasteiger partial charge < -0.3 is 16.8 Å². The number of nitrogens with zero attached hydrogens (tertiary/aromatic N) is 1. The number of rotatable bonds is 4. The summed E-state index contributed by atoms with van der Waals surface area (Å²) in [6.45, 7) is 0. The molecule has 0 bridgehead atoms. The maximum Gasteiger partial charge on any atom is 0.250 e. The SMILES string of the molecule is CSC1CCC(Nc2cc(C(N)=O)c(N)cn2)CC1. The quantitative estimate of drug-likeness (QED) is 0.782. The highest BCUT2D eigenvalue weighted by Crippen LogP contribution is 2.28. The summed E-state index contributed by atoms with van der Waals surface area (Å²) in [4.78, 5) is 15.4. The van der Waals surface area contributed by atoms with E-state index in [9.17, 15) is 4.79 Å². The van der Waals surface area contributed by atoms with Gasteiger partial charge in [0.2, 0.25) is 0 Å². The maximum atomic E-state index is 11.2. The third-order valence-electron chi connectivity index (χ3n) is 3.56. The van der Waals surface area contributed by atoms with Gasteiger partial charge in [0.05, 0.1) is 17.4 Å². The molecule has 0 aliphatic heterocycles. The van der Waals surface area contributed by atoms with Gasteiger partial charge in [0.25, 0.3) is 5.91 Å². The number of aromatic nitrogens is 1. The van der Waals surface area contributed by atoms with E-state index in [1.165, 1.54) is 19.0 Å². The lowest BCUT2D eigenvalue weighted by Gasteiger charge is -2.28. The van der Waals surface area contributed by atoms with Gasteiger partial charge in [-0.1, -0.05) is 0 Å². The first-order chi connectivity index (χ1) is 9.10. The lowest BCUT2D eigenvalue weighted by atomic mass is 9.95. The van der Waals surface area contributed by atoms with E-state index in [0.717, 1.165) is 18.1 Å². The number of nitrogen functional groups attached to an aromatic ring is 1. The zero-order valence-corrected chi connectivity index (χ0v) is 11.9. The van der Waals surface area contributed by atoms with Crippen molar-refractivity contribution in [2.45, 2.75) is 37.0 Å². The smallest absolute Gasteiger partial charge is 0.250 e. The second-order valence-corrected chi connectivity index (χ2v) is 6.01. The minimum absolute atomic E-state index is 0.323. The third-order valence-corrected chi connectivity index (χ3v) is 4.70. The molecule has 5 N–H and O–H groups in total. The molecule has 1 aliphatic carbocycles. The molecule has 19 heavy (non-hydrogen) atoms. The van der Waals surface area contributed by atoms with E-state index in [2.05, 4.69) is 16.6 Å². The van der Waals surface area contributed by atoms with E-state index in [1.807, 2.05) is 11.8 Å². The van der Waals surface area contributed by atoms with E-state index >= 15 is 0 Å². The Hall–Kier alpha value is -1.43. The summed E-state index contributed by atoms with van der Waals surface area (Å²) < 4.78 is 0. The Morgan fingerprint density at radius 2 is 2.11 bits per heavy atom. The molecule has 0 radical (unpaired) electrons. The highest BCUT2D eigenvalue weighted by atomic mass is 32.2. The van der Waals surface area contributed by atoms with E-state index < -0.39 is 5.91 Å². The first kappa shape index (κ1) is 14.0. The molecule has 0 aromatic carbocycles. The van der Waals surface area contributed by atoms with Crippen LogP contribution in [0.15, 0.2) is 12.3 Å². The van der Waals surface area contributed by atoms with Gasteiger partial charge in [0.1, 0.15) is 5.82 Å². The van der Waals surface area contributed by atoms with Crippen molar-refractivity contribution in [1.29, 1.82) is 0 Å². The Kier molecular flexibility index (Phi) is 4.52. The van der Waals surface area contributed by atoms with Crippen LogP contribution in [0.2, 0.25) is 0 Å². The summed E-state index contributed by atoms with van der Waals surface area (Å²) in [7, 11) is 0. The number of nitrogens with one attached hydrogen (secondary N) is 1. The highest BCUT2D eigenvalue weighted by Gasteiger charge is 2.20.